The number of nitrogens with one attached hydrogen (secondary N) is 1. The molecule has 3 nitrogen and oxygen atoms in total. The number of para-hydroxylation sites is 1. The lowest BCUT2D eigenvalue weighted by Crippen LogP contribution is -2.35. The van der Waals surface area contributed by atoms with Crippen LogP contribution < -0.4 is 10.1 Å². The molecule has 0 spiro atoms. The predicted molar refractivity (Wildman–Crippen MR) is 79.6 cm³/mol. The Balaban J connectivity index is 1.55. The average Bonchev–Trinajstić information content (AvgIpc) is 2.46. The van der Waals surface area contributed by atoms with Crippen LogP contribution in [0.15, 0.2) is 30.3 Å². The lowest BCUT2D eigenvalue weighted by Gasteiger charge is -2.27. The monoisotopic (exact) mass is 262 g/mol. The van der Waals surface area contributed by atoms with Crippen LogP contribution in [0, 0.1) is 5.92 Å². The van der Waals surface area contributed by atoms with Gasteiger partial charge in [0, 0.05) is 13.1 Å². The zero-order chi connectivity index (χ0) is 13.3. The van der Waals surface area contributed by atoms with Crippen molar-refractivity contribution in [3.8, 4) is 5.75 Å². The van der Waals surface area contributed by atoms with Crippen molar-refractivity contribution in [1.29, 1.82) is 0 Å². The van der Waals surface area contributed by atoms with E-state index < -0.39 is 0 Å². The number of ether oxygens (including phenoxy) is 1. The Hall–Kier alpha value is -1.06. The van der Waals surface area contributed by atoms with E-state index in [4.69, 9.17) is 4.74 Å². The molecular weight excluding hydrogens is 236 g/mol. The normalized spacial score (nSPS) is 16.7. The molecule has 0 unspecified atom stereocenters. The van der Waals surface area contributed by atoms with E-state index in [0.717, 1.165) is 31.2 Å². The van der Waals surface area contributed by atoms with Gasteiger partial charge in [0.1, 0.15) is 5.75 Å². The van der Waals surface area contributed by atoms with Gasteiger partial charge in [-0.25, -0.2) is 0 Å². The minimum atomic E-state index is 0.806. The van der Waals surface area contributed by atoms with Gasteiger partial charge < -0.3 is 15.0 Å². The van der Waals surface area contributed by atoms with E-state index in [1.807, 2.05) is 30.3 Å². The SMILES string of the molecule is CN(CCCOc1ccccc1)CC1CCNCC1. The summed E-state index contributed by atoms with van der Waals surface area (Å²) in [6.07, 6.45) is 3.74. The molecule has 1 aromatic rings. The number of hydrogen-bond donors (Lipinski definition) is 1. The van der Waals surface area contributed by atoms with E-state index in [2.05, 4.69) is 17.3 Å². The molecule has 1 aliphatic rings. The highest BCUT2D eigenvalue weighted by molar-refractivity contribution is 5.20. The third-order valence-electron chi connectivity index (χ3n) is 3.72. The highest BCUT2D eigenvalue weighted by Crippen LogP contribution is 2.13. The molecule has 19 heavy (non-hydrogen) atoms. The van der Waals surface area contributed by atoms with Crippen LogP contribution in [0.3, 0.4) is 0 Å². The summed E-state index contributed by atoms with van der Waals surface area (Å²) in [4.78, 5) is 2.45. The van der Waals surface area contributed by atoms with Gasteiger partial charge in [0.05, 0.1) is 6.61 Å². The second-order valence-electron chi connectivity index (χ2n) is 5.47. The van der Waals surface area contributed by atoms with Crippen LogP contribution in [0.4, 0.5) is 0 Å². The standard InChI is InChI=1S/C16H26N2O/c1-18(14-15-8-10-17-11-9-15)12-5-13-19-16-6-3-2-4-7-16/h2-4,6-7,15,17H,5,8-14H2,1H3. The first-order valence-corrected chi connectivity index (χ1v) is 7.42. The van der Waals surface area contributed by atoms with E-state index in [9.17, 15) is 0 Å². The average molecular weight is 262 g/mol. The summed E-state index contributed by atoms with van der Waals surface area (Å²) in [6, 6.07) is 10.1. The summed E-state index contributed by atoms with van der Waals surface area (Å²) < 4.78 is 5.71. The minimum absolute atomic E-state index is 0.806. The van der Waals surface area contributed by atoms with Crippen molar-refractivity contribution in [2.75, 3.05) is 39.8 Å². The molecule has 0 aliphatic carbocycles. The van der Waals surface area contributed by atoms with Gasteiger partial charge >= 0.3 is 0 Å². The second kappa shape index (κ2) is 8.18. The number of benzene rings is 1. The van der Waals surface area contributed by atoms with Crippen molar-refractivity contribution in [1.82, 2.24) is 10.2 Å². The minimum Gasteiger partial charge on any atom is -0.494 e. The van der Waals surface area contributed by atoms with Crippen LogP contribution in [0.5, 0.6) is 5.75 Å². The molecule has 106 valence electrons. The third-order valence-corrected chi connectivity index (χ3v) is 3.72. The van der Waals surface area contributed by atoms with Gasteiger partial charge in [-0.1, -0.05) is 18.2 Å². The van der Waals surface area contributed by atoms with Crippen molar-refractivity contribution in [2.24, 2.45) is 5.92 Å². The van der Waals surface area contributed by atoms with E-state index in [1.54, 1.807) is 0 Å². The van der Waals surface area contributed by atoms with Gasteiger partial charge in [0.2, 0.25) is 0 Å². The predicted octanol–water partition coefficient (Wildman–Crippen LogP) is 2.39. The first-order chi connectivity index (χ1) is 9.34. The van der Waals surface area contributed by atoms with Gasteiger partial charge in [-0.05, 0) is 57.5 Å². The van der Waals surface area contributed by atoms with E-state index in [1.165, 1.54) is 32.5 Å². The van der Waals surface area contributed by atoms with Crippen LogP contribution in [-0.4, -0.2) is 44.7 Å². The fourth-order valence-corrected chi connectivity index (χ4v) is 2.64. The molecule has 0 radical (unpaired) electrons. The Morgan fingerprint density at radius 1 is 1.21 bits per heavy atom. The molecule has 0 aromatic heterocycles. The van der Waals surface area contributed by atoms with E-state index in [-0.39, 0.29) is 0 Å². The Kier molecular flexibility index (Phi) is 6.18. The molecular formula is C16H26N2O. The molecule has 0 amide bonds. The first kappa shape index (κ1) is 14.4. The largest absolute Gasteiger partial charge is 0.494 e. The molecule has 3 heteroatoms. The first-order valence-electron chi connectivity index (χ1n) is 7.42. The Morgan fingerprint density at radius 2 is 1.95 bits per heavy atom. The summed E-state index contributed by atoms with van der Waals surface area (Å²) in [7, 11) is 2.23. The quantitative estimate of drug-likeness (QED) is 0.764. The molecule has 2 rings (SSSR count). The molecule has 0 bridgehead atoms. The van der Waals surface area contributed by atoms with Gasteiger partial charge in [0.15, 0.2) is 0 Å². The maximum Gasteiger partial charge on any atom is 0.119 e. The molecule has 0 saturated carbocycles. The summed E-state index contributed by atoms with van der Waals surface area (Å²) in [5, 5.41) is 3.42. The Morgan fingerprint density at radius 3 is 2.68 bits per heavy atom. The zero-order valence-corrected chi connectivity index (χ0v) is 12.0. The van der Waals surface area contributed by atoms with Gasteiger partial charge in [-0.3, -0.25) is 0 Å². The molecule has 1 saturated heterocycles. The van der Waals surface area contributed by atoms with Crippen LogP contribution >= 0.6 is 0 Å². The molecule has 1 N–H and O–H groups in total. The summed E-state index contributed by atoms with van der Waals surface area (Å²) in [5.41, 5.74) is 0. The number of hydrogen-bond acceptors (Lipinski definition) is 3. The molecule has 1 aliphatic heterocycles. The lowest BCUT2D eigenvalue weighted by atomic mass is 9.98. The lowest BCUT2D eigenvalue weighted by molar-refractivity contribution is 0.218. The Bertz CT molecular complexity index is 336. The van der Waals surface area contributed by atoms with Crippen molar-refractivity contribution >= 4 is 0 Å². The third kappa shape index (κ3) is 5.62. The van der Waals surface area contributed by atoms with Crippen molar-refractivity contribution < 1.29 is 4.74 Å². The summed E-state index contributed by atoms with van der Waals surface area (Å²) in [5.74, 6) is 1.85. The summed E-state index contributed by atoms with van der Waals surface area (Å²) in [6.45, 7) is 5.54. The number of rotatable bonds is 7. The highest BCUT2D eigenvalue weighted by Gasteiger charge is 2.14. The van der Waals surface area contributed by atoms with Crippen molar-refractivity contribution in [2.45, 2.75) is 19.3 Å². The van der Waals surface area contributed by atoms with Crippen molar-refractivity contribution in [3.63, 3.8) is 0 Å². The van der Waals surface area contributed by atoms with Crippen LogP contribution in [-0.2, 0) is 0 Å². The molecule has 0 atom stereocenters. The fourth-order valence-electron chi connectivity index (χ4n) is 2.64. The Labute approximate surface area is 116 Å². The van der Waals surface area contributed by atoms with Crippen LogP contribution in [0.1, 0.15) is 19.3 Å². The van der Waals surface area contributed by atoms with Crippen LogP contribution in [0.2, 0.25) is 0 Å². The van der Waals surface area contributed by atoms with E-state index >= 15 is 0 Å². The maximum absolute atomic E-state index is 5.71. The fraction of sp³-hybridized carbons (Fsp3) is 0.625. The van der Waals surface area contributed by atoms with Crippen LogP contribution in [0.25, 0.3) is 0 Å². The van der Waals surface area contributed by atoms with Gasteiger partial charge in [-0.15, -0.1) is 0 Å². The number of nitrogens with zero attached hydrogens (tertiary/aromatic N) is 1. The van der Waals surface area contributed by atoms with Gasteiger partial charge in [0.25, 0.3) is 0 Å². The second-order valence-corrected chi connectivity index (χ2v) is 5.47. The van der Waals surface area contributed by atoms with Gasteiger partial charge in [-0.2, -0.15) is 0 Å². The van der Waals surface area contributed by atoms with Crippen molar-refractivity contribution in [3.05, 3.63) is 30.3 Å². The molecule has 1 heterocycles. The highest BCUT2D eigenvalue weighted by atomic mass is 16.5. The molecule has 1 aromatic carbocycles. The maximum atomic E-state index is 5.71. The number of piperidine rings is 1. The smallest absolute Gasteiger partial charge is 0.119 e. The topological polar surface area (TPSA) is 24.5 Å². The zero-order valence-electron chi connectivity index (χ0n) is 12.0. The molecule has 1 fully saturated rings. The van der Waals surface area contributed by atoms with E-state index in [0.29, 0.717) is 0 Å². The summed E-state index contributed by atoms with van der Waals surface area (Å²) >= 11 is 0.